The molecule has 20 heavy (non-hydrogen) atoms. The lowest BCUT2D eigenvalue weighted by molar-refractivity contribution is 0.103. The summed E-state index contributed by atoms with van der Waals surface area (Å²) < 4.78 is 11.3. The molecule has 2 rings (SSSR count). The van der Waals surface area contributed by atoms with Crippen LogP contribution in [0.5, 0.6) is 11.5 Å². The van der Waals surface area contributed by atoms with Gasteiger partial charge in [-0.1, -0.05) is 11.6 Å². The number of carbonyl (C=O) groups is 1. The van der Waals surface area contributed by atoms with E-state index in [0.29, 0.717) is 27.6 Å². The molecule has 104 valence electrons. The van der Waals surface area contributed by atoms with Crippen molar-refractivity contribution < 1.29 is 14.3 Å². The molecule has 2 aromatic carbocycles. The Kier molecular flexibility index (Phi) is 4.88. The van der Waals surface area contributed by atoms with Gasteiger partial charge in [-0.25, -0.2) is 0 Å². The van der Waals surface area contributed by atoms with Gasteiger partial charge in [0.15, 0.2) is 5.78 Å². The molecule has 2 aromatic rings. The fourth-order valence-electron chi connectivity index (χ4n) is 1.78. The van der Waals surface area contributed by atoms with Gasteiger partial charge >= 0.3 is 0 Å². The van der Waals surface area contributed by atoms with Crippen LogP contribution >= 0.6 is 34.2 Å². The third-order valence-electron chi connectivity index (χ3n) is 2.83. The van der Waals surface area contributed by atoms with Crippen molar-refractivity contribution in [1.82, 2.24) is 0 Å². The molecule has 0 amide bonds. The van der Waals surface area contributed by atoms with E-state index in [1.54, 1.807) is 37.4 Å². The second-order valence-electron chi connectivity index (χ2n) is 4.02. The van der Waals surface area contributed by atoms with Crippen LogP contribution < -0.4 is 9.47 Å². The van der Waals surface area contributed by atoms with E-state index in [-0.39, 0.29) is 5.78 Å². The predicted octanol–water partition coefficient (Wildman–Crippen LogP) is 4.19. The average Bonchev–Trinajstić information content (AvgIpc) is 2.48. The standard InChI is InChI=1S/C15H12ClIO3/c1-19-10-4-6-14(20-2)11(8-10)15(18)9-3-5-13(17)12(16)7-9/h3-8H,1-2H3. The minimum Gasteiger partial charge on any atom is -0.497 e. The molecule has 0 aliphatic carbocycles. The third kappa shape index (κ3) is 3.07. The van der Waals surface area contributed by atoms with Gasteiger partial charge in [0.2, 0.25) is 0 Å². The normalized spacial score (nSPS) is 10.2. The molecular formula is C15H12ClIO3. The molecule has 0 bridgehead atoms. The van der Waals surface area contributed by atoms with E-state index in [4.69, 9.17) is 21.1 Å². The van der Waals surface area contributed by atoms with Crippen molar-refractivity contribution in [2.75, 3.05) is 14.2 Å². The molecular weight excluding hydrogens is 391 g/mol. The maximum atomic E-state index is 12.6. The lowest BCUT2D eigenvalue weighted by Gasteiger charge is -2.10. The number of hydrogen-bond donors (Lipinski definition) is 0. The van der Waals surface area contributed by atoms with Crippen LogP contribution in [0, 0.1) is 3.57 Å². The summed E-state index contributed by atoms with van der Waals surface area (Å²) in [7, 11) is 3.08. The molecule has 0 aromatic heterocycles. The van der Waals surface area contributed by atoms with Crippen LogP contribution in [0.25, 0.3) is 0 Å². The number of ketones is 1. The minimum absolute atomic E-state index is 0.154. The largest absolute Gasteiger partial charge is 0.497 e. The van der Waals surface area contributed by atoms with E-state index in [0.717, 1.165) is 3.57 Å². The molecule has 0 aliphatic rings. The summed E-state index contributed by atoms with van der Waals surface area (Å²) >= 11 is 8.18. The monoisotopic (exact) mass is 402 g/mol. The SMILES string of the molecule is COc1ccc(OC)c(C(=O)c2ccc(I)c(Cl)c2)c1. The van der Waals surface area contributed by atoms with E-state index in [1.807, 2.05) is 6.07 Å². The van der Waals surface area contributed by atoms with Gasteiger partial charge < -0.3 is 9.47 Å². The quantitative estimate of drug-likeness (QED) is 0.568. The molecule has 0 saturated heterocycles. The van der Waals surface area contributed by atoms with Crippen molar-refractivity contribution in [2.45, 2.75) is 0 Å². The van der Waals surface area contributed by atoms with Crippen LogP contribution in [-0.4, -0.2) is 20.0 Å². The summed E-state index contributed by atoms with van der Waals surface area (Å²) in [5.74, 6) is 0.954. The molecule has 0 aliphatic heterocycles. The van der Waals surface area contributed by atoms with E-state index in [9.17, 15) is 4.79 Å². The molecule has 5 heteroatoms. The first kappa shape index (κ1) is 15.1. The van der Waals surface area contributed by atoms with Crippen LogP contribution in [-0.2, 0) is 0 Å². The Labute approximate surface area is 136 Å². The Balaban J connectivity index is 2.48. The Hall–Kier alpha value is -1.27. The number of carbonyl (C=O) groups excluding carboxylic acids is 1. The number of rotatable bonds is 4. The number of ether oxygens (including phenoxy) is 2. The molecule has 0 saturated carbocycles. The van der Waals surface area contributed by atoms with Crippen LogP contribution in [0.3, 0.4) is 0 Å². The van der Waals surface area contributed by atoms with Crippen LogP contribution in [0.1, 0.15) is 15.9 Å². The summed E-state index contributed by atoms with van der Waals surface area (Å²) in [6, 6.07) is 10.3. The zero-order valence-electron chi connectivity index (χ0n) is 10.9. The molecule has 0 fully saturated rings. The molecule has 0 spiro atoms. The van der Waals surface area contributed by atoms with Gasteiger partial charge in [0, 0.05) is 9.13 Å². The lowest BCUT2D eigenvalue weighted by atomic mass is 10.0. The van der Waals surface area contributed by atoms with E-state index < -0.39 is 0 Å². The summed E-state index contributed by atoms with van der Waals surface area (Å²) in [6.45, 7) is 0. The second kappa shape index (κ2) is 6.45. The Morgan fingerprint density at radius 1 is 1.10 bits per heavy atom. The molecule has 3 nitrogen and oxygen atoms in total. The first-order chi connectivity index (χ1) is 9.56. The number of methoxy groups -OCH3 is 2. The highest BCUT2D eigenvalue weighted by atomic mass is 127. The van der Waals surface area contributed by atoms with E-state index >= 15 is 0 Å². The van der Waals surface area contributed by atoms with E-state index in [2.05, 4.69) is 22.6 Å². The number of hydrogen-bond acceptors (Lipinski definition) is 3. The van der Waals surface area contributed by atoms with Gasteiger partial charge in [-0.05, 0) is 59.0 Å². The van der Waals surface area contributed by atoms with Crippen molar-refractivity contribution in [3.63, 3.8) is 0 Å². The van der Waals surface area contributed by atoms with Gasteiger partial charge in [-0.2, -0.15) is 0 Å². The zero-order chi connectivity index (χ0) is 14.7. The molecule has 0 atom stereocenters. The maximum absolute atomic E-state index is 12.6. The van der Waals surface area contributed by atoms with Crippen molar-refractivity contribution in [1.29, 1.82) is 0 Å². The smallest absolute Gasteiger partial charge is 0.196 e. The fraction of sp³-hybridized carbons (Fsp3) is 0.133. The van der Waals surface area contributed by atoms with Gasteiger partial charge in [-0.15, -0.1) is 0 Å². The zero-order valence-corrected chi connectivity index (χ0v) is 13.9. The number of halogens is 2. The highest BCUT2D eigenvalue weighted by Crippen LogP contribution is 2.28. The Morgan fingerprint density at radius 3 is 2.45 bits per heavy atom. The Bertz CT molecular complexity index is 656. The highest BCUT2D eigenvalue weighted by molar-refractivity contribution is 14.1. The molecule has 0 heterocycles. The van der Waals surface area contributed by atoms with Gasteiger partial charge in [0.1, 0.15) is 11.5 Å². The minimum atomic E-state index is -0.154. The summed E-state index contributed by atoms with van der Waals surface area (Å²) in [5, 5.41) is 0.554. The molecule has 0 radical (unpaired) electrons. The maximum Gasteiger partial charge on any atom is 0.196 e. The summed E-state index contributed by atoms with van der Waals surface area (Å²) in [6.07, 6.45) is 0. The summed E-state index contributed by atoms with van der Waals surface area (Å²) in [5.41, 5.74) is 0.964. The lowest BCUT2D eigenvalue weighted by Crippen LogP contribution is -2.04. The highest BCUT2D eigenvalue weighted by Gasteiger charge is 2.16. The van der Waals surface area contributed by atoms with Crippen molar-refractivity contribution >= 4 is 40.0 Å². The van der Waals surface area contributed by atoms with Crippen molar-refractivity contribution in [3.8, 4) is 11.5 Å². The topological polar surface area (TPSA) is 35.5 Å². The third-order valence-corrected chi connectivity index (χ3v) is 4.41. The van der Waals surface area contributed by atoms with Gasteiger partial charge in [0.25, 0.3) is 0 Å². The van der Waals surface area contributed by atoms with E-state index in [1.165, 1.54) is 7.11 Å². The second-order valence-corrected chi connectivity index (χ2v) is 5.59. The van der Waals surface area contributed by atoms with Crippen molar-refractivity contribution in [3.05, 3.63) is 56.1 Å². The van der Waals surface area contributed by atoms with Gasteiger partial charge in [0.05, 0.1) is 24.8 Å². The first-order valence-corrected chi connectivity index (χ1v) is 7.24. The molecule has 0 unspecified atom stereocenters. The summed E-state index contributed by atoms with van der Waals surface area (Å²) in [4.78, 5) is 12.6. The van der Waals surface area contributed by atoms with Crippen LogP contribution in [0.2, 0.25) is 5.02 Å². The first-order valence-electron chi connectivity index (χ1n) is 5.78. The average molecular weight is 403 g/mol. The van der Waals surface area contributed by atoms with Crippen LogP contribution in [0.15, 0.2) is 36.4 Å². The van der Waals surface area contributed by atoms with Gasteiger partial charge in [-0.3, -0.25) is 4.79 Å². The van der Waals surface area contributed by atoms with Crippen molar-refractivity contribution in [2.24, 2.45) is 0 Å². The number of benzene rings is 2. The Morgan fingerprint density at radius 2 is 1.85 bits per heavy atom. The fourth-order valence-corrected chi connectivity index (χ4v) is 2.30. The van der Waals surface area contributed by atoms with Crippen LogP contribution in [0.4, 0.5) is 0 Å². The predicted molar refractivity (Wildman–Crippen MR) is 87.1 cm³/mol. The molecule has 0 N–H and O–H groups in total.